The molecule has 0 bridgehead atoms. The fourth-order valence-electron chi connectivity index (χ4n) is 2.78. The van der Waals surface area contributed by atoms with Crippen molar-refractivity contribution in [3.05, 3.63) is 29.8 Å². The number of nitrogens with one attached hydrogen (secondary N) is 1. The van der Waals surface area contributed by atoms with E-state index in [4.69, 9.17) is 0 Å². The van der Waals surface area contributed by atoms with Gasteiger partial charge in [-0.05, 0) is 44.0 Å². The monoisotopic (exact) mass is 290 g/mol. The molecule has 0 unspecified atom stereocenters. The largest absolute Gasteiger partial charge is 0.388 e. The Morgan fingerprint density at radius 3 is 2.43 bits per heavy atom. The van der Waals surface area contributed by atoms with E-state index in [0.717, 1.165) is 37.9 Å². The number of hydrogen-bond acceptors (Lipinski definition) is 3. The molecule has 1 aromatic rings. The van der Waals surface area contributed by atoms with Gasteiger partial charge in [-0.25, -0.2) is 0 Å². The van der Waals surface area contributed by atoms with Crippen molar-refractivity contribution >= 4 is 11.6 Å². The molecule has 0 spiro atoms. The molecule has 0 radical (unpaired) electrons. The Hall–Kier alpha value is -1.55. The van der Waals surface area contributed by atoms with Crippen molar-refractivity contribution in [1.82, 2.24) is 5.32 Å². The van der Waals surface area contributed by atoms with Crippen LogP contribution in [0.3, 0.4) is 0 Å². The number of aliphatic hydroxyl groups is 1. The summed E-state index contributed by atoms with van der Waals surface area (Å²) in [6.07, 6.45) is 4.85. The van der Waals surface area contributed by atoms with Gasteiger partial charge in [0.15, 0.2) is 0 Å². The van der Waals surface area contributed by atoms with Crippen molar-refractivity contribution in [3.63, 3.8) is 0 Å². The van der Waals surface area contributed by atoms with Crippen LogP contribution in [0, 0.1) is 0 Å². The van der Waals surface area contributed by atoms with Crippen LogP contribution in [0.1, 0.15) is 49.4 Å². The fraction of sp³-hybridized carbons (Fsp3) is 0.588. The summed E-state index contributed by atoms with van der Waals surface area (Å²) in [6.45, 7) is 3.37. The third-order valence-corrected chi connectivity index (χ3v) is 4.41. The summed E-state index contributed by atoms with van der Waals surface area (Å²) in [6, 6.07) is 7.57. The Morgan fingerprint density at radius 2 is 1.86 bits per heavy atom. The molecule has 2 N–H and O–H groups in total. The van der Waals surface area contributed by atoms with Gasteiger partial charge in [0.05, 0.1) is 5.60 Å². The number of benzene rings is 1. The highest BCUT2D eigenvalue weighted by Gasteiger charge is 2.29. The lowest BCUT2D eigenvalue weighted by Gasteiger charge is -2.32. The van der Waals surface area contributed by atoms with Gasteiger partial charge in [0.25, 0.3) is 5.91 Å². The first-order valence-corrected chi connectivity index (χ1v) is 7.86. The molecule has 0 aliphatic heterocycles. The maximum Gasteiger partial charge on any atom is 0.251 e. The normalized spacial score (nSPS) is 17.3. The number of carbonyl (C=O) groups is 1. The molecule has 4 heteroatoms. The highest BCUT2D eigenvalue weighted by Crippen LogP contribution is 2.27. The van der Waals surface area contributed by atoms with Crippen LogP contribution in [0.15, 0.2) is 24.3 Å². The predicted octanol–water partition coefficient (Wildman–Crippen LogP) is 2.57. The molecule has 2 rings (SSSR count). The first kappa shape index (κ1) is 15.8. The molecule has 1 amide bonds. The van der Waals surface area contributed by atoms with Crippen LogP contribution in [-0.4, -0.2) is 36.8 Å². The van der Waals surface area contributed by atoms with E-state index in [9.17, 15) is 9.90 Å². The molecular formula is C17H26N2O2. The maximum atomic E-state index is 12.1. The second kappa shape index (κ2) is 6.94. The zero-order valence-corrected chi connectivity index (χ0v) is 13.1. The average molecular weight is 290 g/mol. The fourth-order valence-corrected chi connectivity index (χ4v) is 2.78. The van der Waals surface area contributed by atoms with E-state index in [2.05, 4.69) is 17.1 Å². The summed E-state index contributed by atoms with van der Waals surface area (Å²) >= 11 is 0. The third-order valence-electron chi connectivity index (χ3n) is 4.41. The molecule has 1 aliphatic carbocycles. The minimum absolute atomic E-state index is 0.111. The molecule has 1 fully saturated rings. The molecular weight excluding hydrogens is 264 g/mol. The van der Waals surface area contributed by atoms with Crippen LogP contribution in [0.2, 0.25) is 0 Å². The van der Waals surface area contributed by atoms with E-state index >= 15 is 0 Å². The number of hydrogen-bond donors (Lipinski definition) is 2. The van der Waals surface area contributed by atoms with Gasteiger partial charge < -0.3 is 15.3 Å². The van der Waals surface area contributed by atoms with Crippen LogP contribution in [0.25, 0.3) is 0 Å². The van der Waals surface area contributed by atoms with Gasteiger partial charge in [-0.15, -0.1) is 0 Å². The van der Waals surface area contributed by atoms with Crippen LogP contribution in [0.5, 0.6) is 0 Å². The van der Waals surface area contributed by atoms with Crippen LogP contribution in [0.4, 0.5) is 5.69 Å². The molecule has 0 saturated heterocycles. The first-order valence-electron chi connectivity index (χ1n) is 7.86. The van der Waals surface area contributed by atoms with E-state index < -0.39 is 5.60 Å². The topological polar surface area (TPSA) is 52.6 Å². The van der Waals surface area contributed by atoms with Gasteiger partial charge in [-0.1, -0.05) is 19.3 Å². The number of anilines is 1. The van der Waals surface area contributed by atoms with E-state index in [1.54, 1.807) is 0 Å². The number of amides is 1. The summed E-state index contributed by atoms with van der Waals surface area (Å²) in [4.78, 5) is 14.3. The highest BCUT2D eigenvalue weighted by molar-refractivity contribution is 5.94. The second-order valence-corrected chi connectivity index (χ2v) is 6.03. The Labute approximate surface area is 127 Å². The van der Waals surface area contributed by atoms with Crippen molar-refractivity contribution < 1.29 is 9.90 Å². The van der Waals surface area contributed by atoms with E-state index in [1.165, 1.54) is 6.42 Å². The molecule has 1 saturated carbocycles. The van der Waals surface area contributed by atoms with Crippen LogP contribution >= 0.6 is 0 Å². The molecule has 0 heterocycles. The number of rotatable bonds is 5. The molecule has 4 nitrogen and oxygen atoms in total. The molecule has 116 valence electrons. The third kappa shape index (κ3) is 4.21. The molecule has 0 aromatic heterocycles. The van der Waals surface area contributed by atoms with Crippen LogP contribution in [-0.2, 0) is 0 Å². The summed E-state index contributed by atoms with van der Waals surface area (Å²) < 4.78 is 0. The Bertz CT molecular complexity index is 464. The highest BCUT2D eigenvalue weighted by atomic mass is 16.3. The average Bonchev–Trinajstić information content (AvgIpc) is 2.53. The lowest BCUT2D eigenvalue weighted by atomic mass is 9.85. The van der Waals surface area contributed by atoms with Crippen molar-refractivity contribution in [2.75, 3.05) is 25.0 Å². The van der Waals surface area contributed by atoms with Gasteiger partial charge in [0, 0.05) is 31.4 Å². The predicted molar refractivity (Wildman–Crippen MR) is 85.8 cm³/mol. The van der Waals surface area contributed by atoms with Gasteiger partial charge in [-0.3, -0.25) is 4.79 Å². The maximum absolute atomic E-state index is 12.1. The molecule has 1 aromatic carbocycles. The standard InChI is InChI=1S/C17H26N2O2/c1-3-19(2)15-9-7-14(8-10-15)16(20)18-13-17(21)11-5-4-6-12-17/h7-10,21H,3-6,11-13H2,1-2H3,(H,18,20). The van der Waals surface area contributed by atoms with Crippen molar-refractivity contribution in [2.45, 2.75) is 44.6 Å². The van der Waals surface area contributed by atoms with Gasteiger partial charge in [0.2, 0.25) is 0 Å². The Kier molecular flexibility index (Phi) is 5.23. The zero-order chi connectivity index (χ0) is 15.3. The summed E-state index contributed by atoms with van der Waals surface area (Å²) in [5, 5.41) is 13.3. The van der Waals surface area contributed by atoms with Crippen molar-refractivity contribution in [2.24, 2.45) is 0 Å². The summed E-state index contributed by atoms with van der Waals surface area (Å²) in [7, 11) is 2.02. The lowest BCUT2D eigenvalue weighted by molar-refractivity contribution is 0.00526. The van der Waals surface area contributed by atoms with Gasteiger partial charge in [0.1, 0.15) is 0 Å². The quantitative estimate of drug-likeness (QED) is 0.876. The zero-order valence-electron chi connectivity index (χ0n) is 13.1. The first-order chi connectivity index (χ1) is 10.0. The summed E-state index contributed by atoms with van der Waals surface area (Å²) in [5.74, 6) is -0.111. The number of nitrogens with zero attached hydrogens (tertiary/aromatic N) is 1. The molecule has 1 aliphatic rings. The number of carbonyl (C=O) groups excluding carboxylic acids is 1. The SMILES string of the molecule is CCN(C)c1ccc(C(=O)NCC2(O)CCCCC2)cc1. The smallest absolute Gasteiger partial charge is 0.251 e. The Morgan fingerprint density at radius 1 is 1.24 bits per heavy atom. The molecule has 0 atom stereocenters. The minimum atomic E-state index is -0.712. The van der Waals surface area contributed by atoms with Crippen molar-refractivity contribution in [1.29, 1.82) is 0 Å². The van der Waals surface area contributed by atoms with Gasteiger partial charge in [-0.2, -0.15) is 0 Å². The van der Waals surface area contributed by atoms with E-state index in [-0.39, 0.29) is 5.91 Å². The Balaban J connectivity index is 1.91. The summed E-state index contributed by atoms with van der Waals surface area (Å²) in [5.41, 5.74) is 1.03. The van der Waals surface area contributed by atoms with E-state index in [1.807, 2.05) is 31.3 Å². The minimum Gasteiger partial charge on any atom is -0.388 e. The molecule has 21 heavy (non-hydrogen) atoms. The van der Waals surface area contributed by atoms with Crippen molar-refractivity contribution in [3.8, 4) is 0 Å². The second-order valence-electron chi connectivity index (χ2n) is 6.03. The van der Waals surface area contributed by atoms with E-state index in [0.29, 0.717) is 12.1 Å². The van der Waals surface area contributed by atoms with Crippen LogP contribution < -0.4 is 10.2 Å². The lowest BCUT2D eigenvalue weighted by Crippen LogP contribution is -2.44. The van der Waals surface area contributed by atoms with Gasteiger partial charge >= 0.3 is 0 Å².